The second kappa shape index (κ2) is 6.17. The zero-order valence-corrected chi connectivity index (χ0v) is 13.4. The number of thiophene rings is 1. The molecule has 0 spiro atoms. The number of nitrogens with one attached hydrogen (secondary N) is 1. The molecule has 1 rings (SSSR count). The summed E-state index contributed by atoms with van der Waals surface area (Å²) in [4.78, 5) is 2.69. The molecule has 1 heterocycles. The van der Waals surface area contributed by atoms with E-state index in [0.29, 0.717) is 0 Å². The Bertz CT molecular complexity index is 491. The maximum atomic E-state index is 11.2. The third kappa shape index (κ3) is 4.71. The SMILES string of the molecule is CCc1sc([C@H](C)N[C@H](C)CS(C)(=O)=O)cc1C. The summed E-state index contributed by atoms with van der Waals surface area (Å²) in [6.45, 7) is 8.29. The molecule has 0 aliphatic rings. The summed E-state index contributed by atoms with van der Waals surface area (Å²) in [7, 11) is -2.92. The van der Waals surface area contributed by atoms with Crippen LogP contribution >= 0.6 is 11.3 Å². The Labute approximate surface area is 115 Å². The predicted octanol–water partition coefficient (Wildman–Crippen LogP) is 2.70. The van der Waals surface area contributed by atoms with Crippen LogP contribution in [0.3, 0.4) is 0 Å². The molecule has 0 fully saturated rings. The minimum absolute atomic E-state index is 0.0255. The van der Waals surface area contributed by atoms with Crippen LogP contribution in [0.2, 0.25) is 0 Å². The Morgan fingerprint density at radius 1 is 1.39 bits per heavy atom. The van der Waals surface area contributed by atoms with Gasteiger partial charge in [-0.3, -0.25) is 0 Å². The number of hydrogen-bond donors (Lipinski definition) is 1. The molecule has 2 atom stereocenters. The molecule has 0 aliphatic carbocycles. The van der Waals surface area contributed by atoms with Crippen molar-refractivity contribution in [1.82, 2.24) is 5.32 Å². The van der Waals surface area contributed by atoms with E-state index in [1.165, 1.54) is 21.6 Å². The first-order chi connectivity index (χ1) is 8.23. The third-order valence-electron chi connectivity index (χ3n) is 2.87. The van der Waals surface area contributed by atoms with E-state index in [-0.39, 0.29) is 17.8 Å². The van der Waals surface area contributed by atoms with Crippen LogP contribution in [-0.2, 0) is 16.3 Å². The lowest BCUT2D eigenvalue weighted by atomic mass is 10.2. The van der Waals surface area contributed by atoms with Gasteiger partial charge in [-0.1, -0.05) is 6.92 Å². The Kier molecular flexibility index (Phi) is 5.37. The maximum absolute atomic E-state index is 11.2. The van der Waals surface area contributed by atoms with Gasteiger partial charge in [-0.2, -0.15) is 0 Å². The summed E-state index contributed by atoms with van der Waals surface area (Å²) < 4.78 is 22.5. The first kappa shape index (κ1) is 15.7. The molecule has 18 heavy (non-hydrogen) atoms. The van der Waals surface area contributed by atoms with Crippen LogP contribution in [0.15, 0.2) is 6.07 Å². The van der Waals surface area contributed by atoms with E-state index in [0.717, 1.165) is 6.42 Å². The van der Waals surface area contributed by atoms with Gasteiger partial charge in [0, 0.05) is 28.1 Å². The zero-order valence-electron chi connectivity index (χ0n) is 11.8. The molecule has 104 valence electrons. The van der Waals surface area contributed by atoms with Gasteiger partial charge in [-0.25, -0.2) is 8.42 Å². The highest BCUT2D eigenvalue weighted by Crippen LogP contribution is 2.27. The first-order valence-corrected chi connectivity index (χ1v) is 9.13. The third-order valence-corrected chi connectivity index (χ3v) is 5.54. The lowest BCUT2D eigenvalue weighted by Crippen LogP contribution is -2.34. The van der Waals surface area contributed by atoms with E-state index in [1.54, 1.807) is 0 Å². The van der Waals surface area contributed by atoms with E-state index in [1.807, 2.05) is 18.3 Å². The second-order valence-corrected chi connectivity index (χ2v) is 8.34. The molecular formula is C13H23NO2S2. The molecule has 1 aromatic heterocycles. The number of rotatable bonds is 6. The summed E-state index contributed by atoms with van der Waals surface area (Å²) >= 11 is 1.82. The Morgan fingerprint density at radius 3 is 2.44 bits per heavy atom. The topological polar surface area (TPSA) is 46.2 Å². The summed E-state index contributed by atoms with van der Waals surface area (Å²) in [5, 5.41) is 3.35. The van der Waals surface area contributed by atoms with Crippen molar-refractivity contribution in [3.8, 4) is 0 Å². The van der Waals surface area contributed by atoms with Crippen molar-refractivity contribution < 1.29 is 8.42 Å². The molecule has 0 aliphatic heterocycles. The molecule has 0 bridgehead atoms. The normalized spacial score (nSPS) is 15.6. The zero-order chi connectivity index (χ0) is 13.9. The molecule has 1 aromatic rings. The largest absolute Gasteiger partial charge is 0.306 e. The van der Waals surface area contributed by atoms with Crippen molar-refractivity contribution in [3.05, 3.63) is 21.4 Å². The minimum atomic E-state index is -2.92. The fourth-order valence-electron chi connectivity index (χ4n) is 2.12. The van der Waals surface area contributed by atoms with Gasteiger partial charge >= 0.3 is 0 Å². The average Bonchev–Trinajstić information content (AvgIpc) is 2.56. The monoisotopic (exact) mass is 289 g/mol. The van der Waals surface area contributed by atoms with Crippen molar-refractivity contribution >= 4 is 21.2 Å². The summed E-state index contributed by atoms with van der Waals surface area (Å²) in [6.07, 6.45) is 2.34. The van der Waals surface area contributed by atoms with Gasteiger partial charge in [0.1, 0.15) is 9.84 Å². The van der Waals surface area contributed by atoms with Crippen LogP contribution in [0.25, 0.3) is 0 Å². The first-order valence-electron chi connectivity index (χ1n) is 6.26. The van der Waals surface area contributed by atoms with Gasteiger partial charge in [0.05, 0.1) is 5.75 Å². The molecule has 0 saturated heterocycles. The smallest absolute Gasteiger partial charge is 0.148 e. The molecule has 5 heteroatoms. The van der Waals surface area contributed by atoms with Gasteiger partial charge in [0.15, 0.2) is 0 Å². The molecule has 3 nitrogen and oxygen atoms in total. The fourth-order valence-corrected chi connectivity index (χ4v) is 4.26. The highest BCUT2D eigenvalue weighted by molar-refractivity contribution is 7.90. The van der Waals surface area contributed by atoms with Crippen LogP contribution in [0.1, 0.15) is 42.1 Å². The number of aryl methyl sites for hydroxylation is 2. The van der Waals surface area contributed by atoms with Crippen LogP contribution < -0.4 is 5.32 Å². The highest BCUT2D eigenvalue weighted by Gasteiger charge is 2.16. The summed E-state index contributed by atoms with van der Waals surface area (Å²) in [6, 6.07) is 2.38. The maximum Gasteiger partial charge on any atom is 0.148 e. The quantitative estimate of drug-likeness (QED) is 0.876. The van der Waals surface area contributed by atoms with Gasteiger partial charge in [-0.05, 0) is 38.8 Å². The lowest BCUT2D eigenvalue weighted by molar-refractivity contribution is 0.505. The van der Waals surface area contributed by atoms with E-state index < -0.39 is 9.84 Å². The van der Waals surface area contributed by atoms with Crippen molar-refractivity contribution in [3.63, 3.8) is 0 Å². The summed E-state index contributed by atoms with van der Waals surface area (Å²) in [5.41, 5.74) is 1.34. The van der Waals surface area contributed by atoms with Crippen molar-refractivity contribution in [2.45, 2.75) is 46.2 Å². The van der Waals surface area contributed by atoms with Gasteiger partial charge in [0.2, 0.25) is 0 Å². The van der Waals surface area contributed by atoms with Crippen LogP contribution in [0.5, 0.6) is 0 Å². The summed E-state index contributed by atoms with van der Waals surface area (Å²) in [5.74, 6) is 0.183. The van der Waals surface area contributed by atoms with E-state index in [2.05, 4.69) is 32.2 Å². The second-order valence-electron chi connectivity index (χ2n) is 4.99. The Morgan fingerprint density at radius 2 is 2.00 bits per heavy atom. The molecular weight excluding hydrogens is 266 g/mol. The predicted molar refractivity (Wildman–Crippen MR) is 79.2 cm³/mol. The van der Waals surface area contributed by atoms with Crippen LogP contribution in [0.4, 0.5) is 0 Å². The van der Waals surface area contributed by atoms with Crippen molar-refractivity contribution in [2.75, 3.05) is 12.0 Å². The molecule has 0 amide bonds. The van der Waals surface area contributed by atoms with Gasteiger partial charge < -0.3 is 5.32 Å². The standard InChI is InChI=1S/C13H23NO2S2/c1-6-12-9(2)7-13(17-12)11(4)14-10(3)8-18(5,15)16/h7,10-11,14H,6,8H2,1-5H3/t10-,11+/m1/s1. The van der Waals surface area contributed by atoms with E-state index in [9.17, 15) is 8.42 Å². The van der Waals surface area contributed by atoms with Gasteiger partial charge in [-0.15, -0.1) is 11.3 Å². The molecule has 0 aromatic carbocycles. The average molecular weight is 289 g/mol. The highest BCUT2D eigenvalue weighted by atomic mass is 32.2. The fraction of sp³-hybridized carbons (Fsp3) is 0.692. The van der Waals surface area contributed by atoms with E-state index in [4.69, 9.17) is 0 Å². The van der Waals surface area contributed by atoms with Crippen LogP contribution in [-0.4, -0.2) is 26.5 Å². The van der Waals surface area contributed by atoms with Crippen LogP contribution in [0, 0.1) is 6.92 Å². The Hall–Kier alpha value is -0.390. The molecule has 1 N–H and O–H groups in total. The van der Waals surface area contributed by atoms with Crippen molar-refractivity contribution in [1.29, 1.82) is 0 Å². The van der Waals surface area contributed by atoms with Gasteiger partial charge in [0.25, 0.3) is 0 Å². The number of hydrogen-bond acceptors (Lipinski definition) is 4. The molecule has 0 saturated carbocycles. The number of sulfone groups is 1. The minimum Gasteiger partial charge on any atom is -0.306 e. The molecule has 0 unspecified atom stereocenters. The lowest BCUT2D eigenvalue weighted by Gasteiger charge is -2.18. The molecule has 0 radical (unpaired) electrons. The van der Waals surface area contributed by atoms with E-state index >= 15 is 0 Å². The van der Waals surface area contributed by atoms with Crippen molar-refractivity contribution in [2.24, 2.45) is 0 Å². The Balaban J connectivity index is 2.67.